The monoisotopic (exact) mass is 258 g/mol. The second kappa shape index (κ2) is 4.90. The fourth-order valence-corrected chi connectivity index (χ4v) is 1.00. The van der Waals surface area contributed by atoms with Crippen LogP contribution in [0.5, 0.6) is 0 Å². The van der Waals surface area contributed by atoms with Crippen molar-refractivity contribution >= 4 is 29.9 Å². The highest BCUT2D eigenvalue weighted by molar-refractivity contribution is 14.0. The number of carbonyl (C=O) groups is 1. The van der Waals surface area contributed by atoms with Crippen molar-refractivity contribution < 1.29 is 14.6 Å². The summed E-state index contributed by atoms with van der Waals surface area (Å²) in [6.45, 7) is 0.734. The molecule has 1 atom stereocenters. The Morgan fingerprint density at radius 2 is 2.40 bits per heavy atom. The molecule has 4 heteroatoms. The third-order valence-electron chi connectivity index (χ3n) is 1.43. The molecule has 1 aliphatic rings. The Hall–Kier alpha value is 0.160. The average molecular weight is 258 g/mol. The molecule has 1 saturated heterocycles. The van der Waals surface area contributed by atoms with Gasteiger partial charge in [0, 0.05) is 6.61 Å². The van der Waals surface area contributed by atoms with Crippen molar-refractivity contribution in [1.29, 1.82) is 0 Å². The number of aliphatic carboxylic acids is 1. The highest BCUT2D eigenvalue weighted by Crippen LogP contribution is 2.14. The van der Waals surface area contributed by atoms with Crippen molar-refractivity contribution in [2.75, 3.05) is 6.61 Å². The molecule has 1 N–H and O–H groups in total. The zero-order valence-corrected chi connectivity index (χ0v) is 7.91. The highest BCUT2D eigenvalue weighted by Gasteiger charge is 2.17. The number of rotatable bonds is 2. The lowest BCUT2D eigenvalue weighted by Crippen LogP contribution is -2.10. The second-order valence-corrected chi connectivity index (χ2v) is 2.23. The molecule has 10 heavy (non-hydrogen) atoms. The van der Waals surface area contributed by atoms with Crippen molar-refractivity contribution in [1.82, 2.24) is 0 Å². The Morgan fingerprint density at radius 3 is 2.80 bits per heavy atom. The van der Waals surface area contributed by atoms with Crippen molar-refractivity contribution in [3.8, 4) is 0 Å². The normalized spacial score (nSPS) is 23.8. The van der Waals surface area contributed by atoms with E-state index in [1.54, 1.807) is 0 Å². The first-order valence-corrected chi connectivity index (χ1v) is 3.12. The van der Waals surface area contributed by atoms with Gasteiger partial charge in [0.05, 0.1) is 12.5 Å². The molecule has 0 amide bonds. The van der Waals surface area contributed by atoms with Gasteiger partial charge in [0.1, 0.15) is 0 Å². The summed E-state index contributed by atoms with van der Waals surface area (Å²) in [5.41, 5.74) is 0. The summed E-state index contributed by atoms with van der Waals surface area (Å²) in [6.07, 6.45) is 2.08. The first-order chi connectivity index (χ1) is 4.29. The topological polar surface area (TPSA) is 46.5 Å². The number of hydrogen-bond donors (Lipinski definition) is 1. The van der Waals surface area contributed by atoms with E-state index in [0.29, 0.717) is 0 Å². The third kappa shape index (κ3) is 3.36. The van der Waals surface area contributed by atoms with Crippen LogP contribution in [0.1, 0.15) is 19.3 Å². The zero-order valence-electron chi connectivity index (χ0n) is 5.58. The molecule has 3 nitrogen and oxygen atoms in total. The summed E-state index contributed by atoms with van der Waals surface area (Å²) in [4.78, 5) is 10.1. The fraction of sp³-hybridized carbons (Fsp3) is 0.833. The van der Waals surface area contributed by atoms with E-state index in [-0.39, 0.29) is 36.5 Å². The van der Waals surface area contributed by atoms with Crippen molar-refractivity contribution in [2.45, 2.75) is 25.4 Å². The van der Waals surface area contributed by atoms with E-state index in [9.17, 15) is 4.79 Å². The minimum atomic E-state index is -0.762. The Morgan fingerprint density at radius 1 is 1.70 bits per heavy atom. The van der Waals surface area contributed by atoms with Crippen LogP contribution >= 0.6 is 24.0 Å². The fourth-order valence-electron chi connectivity index (χ4n) is 1.00. The predicted molar refractivity (Wildman–Crippen MR) is 46.6 cm³/mol. The molecular formula is C6H11IO3. The van der Waals surface area contributed by atoms with Gasteiger partial charge in [-0.2, -0.15) is 0 Å². The first-order valence-electron chi connectivity index (χ1n) is 3.12. The van der Waals surface area contributed by atoms with E-state index >= 15 is 0 Å². The van der Waals surface area contributed by atoms with Crippen LogP contribution < -0.4 is 0 Å². The average Bonchev–Trinajstić information content (AvgIpc) is 2.15. The maximum absolute atomic E-state index is 10.1. The molecule has 0 aliphatic carbocycles. The minimum absolute atomic E-state index is 0. The maximum atomic E-state index is 10.1. The van der Waals surface area contributed by atoms with Crippen LogP contribution in [0.3, 0.4) is 0 Å². The van der Waals surface area contributed by atoms with Gasteiger partial charge in [-0.05, 0) is 12.8 Å². The zero-order chi connectivity index (χ0) is 6.69. The molecule has 0 aromatic heterocycles. The Labute approximate surface area is 76.8 Å². The Balaban J connectivity index is 0.000000810. The molecular weight excluding hydrogens is 247 g/mol. The molecule has 0 spiro atoms. The van der Waals surface area contributed by atoms with E-state index in [1.165, 1.54) is 0 Å². The molecule has 1 aliphatic heterocycles. The molecule has 1 fully saturated rings. The quantitative estimate of drug-likeness (QED) is 0.758. The van der Waals surface area contributed by atoms with Crippen molar-refractivity contribution in [3.05, 3.63) is 0 Å². The summed E-state index contributed by atoms with van der Waals surface area (Å²) in [5.74, 6) is -0.762. The summed E-state index contributed by atoms with van der Waals surface area (Å²) in [7, 11) is 0. The molecule has 0 aromatic carbocycles. The van der Waals surface area contributed by atoms with Crippen LogP contribution in [0.2, 0.25) is 0 Å². The Kier molecular flexibility index (Phi) is 4.98. The van der Waals surface area contributed by atoms with Gasteiger partial charge in [-0.15, -0.1) is 24.0 Å². The van der Waals surface area contributed by atoms with Crippen molar-refractivity contribution in [2.24, 2.45) is 0 Å². The second-order valence-electron chi connectivity index (χ2n) is 2.23. The number of hydrogen-bond acceptors (Lipinski definition) is 2. The van der Waals surface area contributed by atoms with Crippen LogP contribution in [-0.2, 0) is 9.53 Å². The van der Waals surface area contributed by atoms with Gasteiger partial charge in [0.2, 0.25) is 0 Å². The molecule has 0 aromatic rings. The summed E-state index contributed by atoms with van der Waals surface area (Å²) in [6, 6.07) is 0. The first kappa shape index (κ1) is 10.2. The van der Waals surface area contributed by atoms with Crippen LogP contribution in [-0.4, -0.2) is 23.8 Å². The maximum Gasteiger partial charge on any atom is 0.305 e. The molecule has 0 saturated carbocycles. The van der Waals surface area contributed by atoms with Crippen LogP contribution in [0.15, 0.2) is 0 Å². The highest BCUT2D eigenvalue weighted by atomic mass is 127. The van der Waals surface area contributed by atoms with Crippen LogP contribution in [0.4, 0.5) is 0 Å². The lowest BCUT2D eigenvalue weighted by Gasteiger charge is -2.02. The van der Waals surface area contributed by atoms with E-state index in [2.05, 4.69) is 0 Å². The standard InChI is InChI=1S/C6H10O3.HI/c7-6(8)4-5-2-1-3-9-5;/h5H,1-4H2,(H,7,8);1H. The molecule has 1 heterocycles. The van der Waals surface area contributed by atoms with Gasteiger partial charge in [-0.25, -0.2) is 0 Å². The predicted octanol–water partition coefficient (Wildman–Crippen LogP) is 1.26. The van der Waals surface area contributed by atoms with Gasteiger partial charge in [0.25, 0.3) is 0 Å². The summed E-state index contributed by atoms with van der Waals surface area (Å²) in [5, 5.41) is 8.29. The van der Waals surface area contributed by atoms with Gasteiger partial charge < -0.3 is 9.84 Å². The lowest BCUT2D eigenvalue weighted by molar-refractivity contribution is -0.139. The number of carboxylic acids is 1. The summed E-state index contributed by atoms with van der Waals surface area (Å²) < 4.78 is 5.08. The van der Waals surface area contributed by atoms with Gasteiger partial charge >= 0.3 is 5.97 Å². The molecule has 1 rings (SSSR count). The molecule has 0 radical (unpaired) electrons. The molecule has 60 valence electrons. The largest absolute Gasteiger partial charge is 0.481 e. The van der Waals surface area contributed by atoms with Crippen molar-refractivity contribution in [3.63, 3.8) is 0 Å². The molecule has 0 bridgehead atoms. The smallest absolute Gasteiger partial charge is 0.305 e. The molecule has 1 unspecified atom stereocenters. The Bertz CT molecular complexity index is 110. The van der Waals surface area contributed by atoms with E-state index < -0.39 is 5.97 Å². The third-order valence-corrected chi connectivity index (χ3v) is 1.43. The van der Waals surface area contributed by atoms with E-state index in [4.69, 9.17) is 9.84 Å². The summed E-state index contributed by atoms with van der Waals surface area (Å²) >= 11 is 0. The van der Waals surface area contributed by atoms with E-state index in [1.807, 2.05) is 0 Å². The van der Waals surface area contributed by atoms with E-state index in [0.717, 1.165) is 19.4 Å². The van der Waals surface area contributed by atoms with Crippen LogP contribution in [0, 0.1) is 0 Å². The van der Waals surface area contributed by atoms with Crippen LogP contribution in [0.25, 0.3) is 0 Å². The van der Waals surface area contributed by atoms with Gasteiger partial charge in [-0.1, -0.05) is 0 Å². The number of halogens is 1. The number of carboxylic acid groups (broad SMARTS) is 1. The van der Waals surface area contributed by atoms with Gasteiger partial charge in [-0.3, -0.25) is 4.79 Å². The SMILES string of the molecule is I.O=C(O)CC1CCCO1. The lowest BCUT2D eigenvalue weighted by atomic mass is 10.2. The number of ether oxygens (including phenoxy) is 1. The van der Waals surface area contributed by atoms with Gasteiger partial charge in [0.15, 0.2) is 0 Å². The minimum Gasteiger partial charge on any atom is -0.481 e.